The lowest BCUT2D eigenvalue weighted by molar-refractivity contribution is -0.152. The van der Waals surface area contributed by atoms with Crippen LogP contribution in [0.2, 0.25) is 0 Å². The number of benzene rings is 1. The van der Waals surface area contributed by atoms with Crippen molar-refractivity contribution < 1.29 is 33.8 Å². The lowest BCUT2D eigenvalue weighted by Gasteiger charge is -2.35. The largest absolute Gasteiger partial charge is 0.508 e. The van der Waals surface area contributed by atoms with Crippen molar-refractivity contribution >= 4 is 29.6 Å². The van der Waals surface area contributed by atoms with Gasteiger partial charge in [-0.15, -0.1) is 0 Å². The van der Waals surface area contributed by atoms with Gasteiger partial charge in [0, 0.05) is 24.2 Å². The molecule has 2 unspecified atom stereocenters. The molecule has 0 radical (unpaired) electrons. The number of carbonyl (C=O) groups excluding carboxylic acids is 5. The van der Waals surface area contributed by atoms with Gasteiger partial charge >= 0.3 is 5.97 Å². The summed E-state index contributed by atoms with van der Waals surface area (Å²) in [7, 11) is 1.36. The van der Waals surface area contributed by atoms with Crippen LogP contribution in [0.15, 0.2) is 18.2 Å². The number of nitrogens with one attached hydrogen (secondary N) is 3. The molecule has 0 spiro atoms. The molecule has 3 rings (SSSR count). The quantitative estimate of drug-likeness (QED) is 0.231. The third-order valence-electron chi connectivity index (χ3n) is 8.90. The second-order valence-corrected chi connectivity index (χ2v) is 14.1. The maximum atomic E-state index is 13.8. The smallest absolute Gasteiger partial charge is 0.313 e. The second-order valence-electron chi connectivity index (χ2n) is 14.1. The maximum absolute atomic E-state index is 13.8. The van der Waals surface area contributed by atoms with Crippen LogP contribution in [0.3, 0.4) is 0 Å². The van der Waals surface area contributed by atoms with Crippen molar-refractivity contribution in [3.63, 3.8) is 0 Å². The van der Waals surface area contributed by atoms with Gasteiger partial charge in [0.2, 0.25) is 17.7 Å². The molecule has 1 aromatic carbocycles. The summed E-state index contributed by atoms with van der Waals surface area (Å²) in [6.45, 7) is 14.1. The minimum atomic E-state index is -0.940. The van der Waals surface area contributed by atoms with Crippen LogP contribution in [0, 0.1) is 36.0 Å². The summed E-state index contributed by atoms with van der Waals surface area (Å²) in [6, 6.07) is 1.94. The van der Waals surface area contributed by atoms with E-state index in [2.05, 4.69) is 16.0 Å². The number of carbonyl (C=O) groups is 5. The molecule has 0 aromatic heterocycles. The second kappa shape index (κ2) is 15.1. The SMILES string of the molecule is COC(=O)C12CC1CCN(C(=O)[C@H](CC(C)C)NC(=O)[C@H](CC(C)C)NC(=O)[C@H](CC(C)C)NC(=O)c1cccc(O)c1C)C2. The van der Waals surface area contributed by atoms with Crippen LogP contribution in [0.25, 0.3) is 0 Å². The first-order valence-corrected chi connectivity index (χ1v) is 16.2. The van der Waals surface area contributed by atoms with Gasteiger partial charge in [-0.3, -0.25) is 24.0 Å². The Morgan fingerprint density at radius 2 is 1.42 bits per heavy atom. The highest BCUT2D eigenvalue weighted by Gasteiger charge is 2.63. The van der Waals surface area contributed by atoms with Crippen molar-refractivity contribution in [3.8, 4) is 5.75 Å². The summed E-state index contributed by atoms with van der Waals surface area (Å²) in [4.78, 5) is 68.5. The van der Waals surface area contributed by atoms with Crippen molar-refractivity contribution in [1.29, 1.82) is 0 Å². The summed E-state index contributed by atoms with van der Waals surface area (Å²) in [5.74, 6) is -1.62. The first kappa shape index (κ1) is 35.8. The van der Waals surface area contributed by atoms with Crippen LogP contribution in [-0.4, -0.2) is 77.9 Å². The van der Waals surface area contributed by atoms with Gasteiger partial charge in [0.1, 0.15) is 23.9 Å². The molecular weight excluding hydrogens is 576 g/mol. The molecule has 1 aliphatic heterocycles. The highest BCUT2D eigenvalue weighted by molar-refractivity contribution is 6.00. The van der Waals surface area contributed by atoms with Crippen molar-refractivity contribution in [1.82, 2.24) is 20.9 Å². The van der Waals surface area contributed by atoms with E-state index >= 15 is 0 Å². The van der Waals surface area contributed by atoms with E-state index in [4.69, 9.17) is 4.74 Å². The molecule has 250 valence electrons. The van der Waals surface area contributed by atoms with Gasteiger partial charge in [-0.2, -0.15) is 0 Å². The molecule has 1 heterocycles. The zero-order valence-electron chi connectivity index (χ0n) is 28.1. The highest BCUT2D eigenvalue weighted by atomic mass is 16.5. The minimum absolute atomic E-state index is 0.0198. The Bertz CT molecular complexity index is 1260. The van der Waals surface area contributed by atoms with E-state index in [-0.39, 0.29) is 53.4 Å². The van der Waals surface area contributed by atoms with E-state index in [9.17, 15) is 29.1 Å². The lowest BCUT2D eigenvalue weighted by atomic mass is 9.95. The third-order valence-corrected chi connectivity index (χ3v) is 8.90. The van der Waals surface area contributed by atoms with E-state index < -0.39 is 41.3 Å². The zero-order valence-corrected chi connectivity index (χ0v) is 28.1. The molecule has 5 atom stereocenters. The summed E-state index contributed by atoms with van der Waals surface area (Å²) < 4.78 is 5.04. The lowest BCUT2D eigenvalue weighted by Crippen LogP contribution is -2.58. The first-order chi connectivity index (χ1) is 21.1. The molecule has 11 nitrogen and oxygen atoms in total. The topological polar surface area (TPSA) is 154 Å². The van der Waals surface area contributed by atoms with E-state index in [1.165, 1.54) is 13.2 Å². The van der Waals surface area contributed by atoms with Gasteiger partial charge in [0.15, 0.2) is 0 Å². The number of aromatic hydroxyl groups is 1. The first-order valence-electron chi connectivity index (χ1n) is 16.2. The van der Waals surface area contributed by atoms with Crippen LogP contribution in [-0.2, 0) is 23.9 Å². The van der Waals surface area contributed by atoms with Crippen molar-refractivity contribution in [3.05, 3.63) is 29.3 Å². The molecule has 1 aliphatic carbocycles. The van der Waals surface area contributed by atoms with Crippen LogP contribution in [0.4, 0.5) is 0 Å². The monoisotopic (exact) mass is 628 g/mol. The number of methoxy groups -OCH3 is 1. The molecule has 1 saturated carbocycles. The predicted molar refractivity (Wildman–Crippen MR) is 170 cm³/mol. The third kappa shape index (κ3) is 8.98. The molecule has 4 amide bonds. The van der Waals surface area contributed by atoms with Gasteiger partial charge in [-0.05, 0) is 74.8 Å². The van der Waals surface area contributed by atoms with Crippen molar-refractivity contribution in [2.75, 3.05) is 20.2 Å². The van der Waals surface area contributed by atoms with Gasteiger partial charge in [-0.25, -0.2) is 0 Å². The fourth-order valence-corrected chi connectivity index (χ4v) is 6.36. The predicted octanol–water partition coefficient (Wildman–Crippen LogP) is 3.32. The van der Waals surface area contributed by atoms with Gasteiger partial charge in [0.25, 0.3) is 5.91 Å². The number of phenolic OH excluding ortho intramolecular Hbond substituents is 1. The number of fused-ring (bicyclic) bond motifs is 1. The summed E-state index contributed by atoms with van der Waals surface area (Å²) >= 11 is 0. The fourth-order valence-electron chi connectivity index (χ4n) is 6.36. The number of phenols is 1. The molecule has 4 N–H and O–H groups in total. The zero-order chi connectivity index (χ0) is 33.6. The maximum Gasteiger partial charge on any atom is 0.313 e. The molecule has 1 saturated heterocycles. The van der Waals surface area contributed by atoms with Gasteiger partial charge in [0.05, 0.1) is 12.5 Å². The highest BCUT2D eigenvalue weighted by Crippen LogP contribution is 2.58. The number of piperidine rings is 1. The van der Waals surface area contributed by atoms with E-state index in [1.54, 1.807) is 24.0 Å². The Hall–Kier alpha value is -3.63. The standard InChI is InChI=1S/C34H52N4O7/c1-19(2)14-25(35-29(40)24-10-9-11-28(39)22(24)7)30(41)36-26(15-20(3)4)31(42)37-27(16-21(5)6)32(43)38-13-12-23-17-34(23,18-38)33(44)45-8/h9-11,19-21,23,25-27,39H,12-18H2,1-8H3,(H,35,40)(H,36,41)(H,37,42)/t23?,25-,26-,27-,34?/m0/s1. The summed E-state index contributed by atoms with van der Waals surface area (Å²) in [5.41, 5.74) is 0.00291. The van der Waals surface area contributed by atoms with E-state index in [0.29, 0.717) is 44.2 Å². The van der Waals surface area contributed by atoms with Crippen LogP contribution < -0.4 is 16.0 Å². The molecule has 0 bridgehead atoms. The number of esters is 1. The minimum Gasteiger partial charge on any atom is -0.508 e. The van der Waals surface area contributed by atoms with Crippen LogP contribution in [0.5, 0.6) is 5.75 Å². The molecular formula is C34H52N4O7. The van der Waals surface area contributed by atoms with E-state index in [1.807, 2.05) is 41.5 Å². The van der Waals surface area contributed by atoms with Crippen molar-refractivity contribution in [2.24, 2.45) is 29.1 Å². The normalized spacial score (nSPS) is 21.0. The molecule has 2 aliphatic rings. The molecule has 2 fully saturated rings. The molecule has 11 heteroatoms. The Morgan fingerprint density at radius 1 is 0.889 bits per heavy atom. The van der Waals surface area contributed by atoms with Gasteiger partial charge < -0.3 is 30.7 Å². The fraction of sp³-hybridized carbons (Fsp3) is 0.676. The summed E-state index contributed by atoms with van der Waals surface area (Å²) in [6.07, 6.45) is 2.46. The van der Waals surface area contributed by atoms with Crippen molar-refractivity contribution in [2.45, 2.75) is 98.7 Å². The number of nitrogens with zero attached hydrogens (tertiary/aromatic N) is 1. The Kier molecular flexibility index (Phi) is 12.0. The van der Waals surface area contributed by atoms with E-state index in [0.717, 1.165) is 0 Å². The summed E-state index contributed by atoms with van der Waals surface area (Å²) in [5, 5.41) is 18.6. The number of hydrogen-bond donors (Lipinski definition) is 4. The Morgan fingerprint density at radius 3 is 1.98 bits per heavy atom. The number of hydrogen-bond acceptors (Lipinski definition) is 7. The van der Waals surface area contributed by atoms with Crippen LogP contribution >= 0.6 is 0 Å². The Balaban J connectivity index is 1.77. The number of likely N-dealkylation sites (tertiary alicyclic amines) is 1. The number of ether oxygens (including phenoxy) is 1. The average molecular weight is 629 g/mol. The van der Waals surface area contributed by atoms with Gasteiger partial charge in [-0.1, -0.05) is 47.6 Å². The number of rotatable bonds is 14. The molecule has 1 aromatic rings. The number of amides is 4. The van der Waals surface area contributed by atoms with Crippen LogP contribution in [0.1, 0.15) is 89.6 Å². The average Bonchev–Trinajstić information content (AvgIpc) is 3.71. The Labute approximate surface area is 267 Å². The molecule has 45 heavy (non-hydrogen) atoms.